The van der Waals surface area contributed by atoms with Crippen molar-refractivity contribution in [1.82, 2.24) is 0 Å². The first-order chi connectivity index (χ1) is 13.0. The van der Waals surface area contributed by atoms with Crippen LogP contribution in [0.4, 0.5) is 11.4 Å². The van der Waals surface area contributed by atoms with Crippen molar-refractivity contribution in [2.24, 2.45) is 0 Å². The van der Waals surface area contributed by atoms with Gasteiger partial charge < -0.3 is 19.3 Å². The van der Waals surface area contributed by atoms with Gasteiger partial charge in [-0.15, -0.1) is 0 Å². The molecule has 27 heavy (non-hydrogen) atoms. The van der Waals surface area contributed by atoms with Crippen LogP contribution in [-0.4, -0.2) is 38.6 Å². The van der Waals surface area contributed by atoms with Crippen molar-refractivity contribution in [2.75, 3.05) is 30.6 Å². The number of methoxy groups -OCH3 is 2. The quantitative estimate of drug-likeness (QED) is 0.761. The summed E-state index contributed by atoms with van der Waals surface area (Å²) in [6, 6.07) is 5.61. The molecule has 1 aromatic rings. The van der Waals surface area contributed by atoms with Crippen LogP contribution >= 0.6 is 0 Å². The minimum Gasteiger partial charge on any atom is -0.465 e. The van der Waals surface area contributed by atoms with Gasteiger partial charge in [0.1, 0.15) is 5.70 Å². The predicted molar refractivity (Wildman–Crippen MR) is 100.0 cm³/mol. The van der Waals surface area contributed by atoms with Gasteiger partial charge in [-0.3, -0.25) is 4.79 Å². The molecule has 0 spiro atoms. The van der Waals surface area contributed by atoms with Gasteiger partial charge in [-0.05, 0) is 30.2 Å². The summed E-state index contributed by atoms with van der Waals surface area (Å²) in [6.07, 6.45) is 7.22. The second-order valence-electron chi connectivity index (χ2n) is 6.02. The Balaban J connectivity index is 2.24. The molecule has 0 fully saturated rings. The van der Waals surface area contributed by atoms with Crippen molar-refractivity contribution in [3.63, 3.8) is 0 Å². The van der Waals surface area contributed by atoms with Crippen molar-refractivity contribution in [3.8, 4) is 0 Å². The van der Waals surface area contributed by atoms with Gasteiger partial charge in [0.15, 0.2) is 0 Å². The van der Waals surface area contributed by atoms with E-state index in [1.54, 1.807) is 34.2 Å². The topological polar surface area (TPSA) is 76.2 Å². The first-order valence-corrected chi connectivity index (χ1v) is 8.44. The van der Waals surface area contributed by atoms with Gasteiger partial charge in [0.2, 0.25) is 5.91 Å². The Hall–Kier alpha value is -3.35. The number of amides is 1. The molecule has 0 aromatic heterocycles. The lowest BCUT2D eigenvalue weighted by Crippen LogP contribution is -2.30. The van der Waals surface area contributed by atoms with Gasteiger partial charge in [0.25, 0.3) is 0 Å². The molecule has 2 aliphatic heterocycles. The number of carbonyl (C=O) groups excluding carboxylic acids is 3. The van der Waals surface area contributed by atoms with E-state index in [1.807, 2.05) is 12.1 Å². The van der Waals surface area contributed by atoms with Gasteiger partial charge in [0.05, 0.1) is 31.2 Å². The lowest BCUT2D eigenvalue weighted by atomic mass is 10.1. The van der Waals surface area contributed by atoms with Crippen LogP contribution in [0.3, 0.4) is 0 Å². The molecular weight excluding hydrogens is 348 g/mol. The zero-order valence-electron chi connectivity index (χ0n) is 15.4. The molecule has 140 valence electrons. The second-order valence-corrected chi connectivity index (χ2v) is 6.02. The van der Waals surface area contributed by atoms with Crippen molar-refractivity contribution in [2.45, 2.75) is 13.3 Å². The standard InChI is InChI=1S/C20H20N2O5/c1-13(23)21-12-10-14-7-6-9-16(17(14)21)22-11-5-4-8-15(19(24)26-2)18(22)20(25)27-3/h4-9,11H,10,12H2,1-3H3. The van der Waals surface area contributed by atoms with Gasteiger partial charge in [-0.1, -0.05) is 18.2 Å². The SMILES string of the molecule is COC(=O)C1=C(C(=O)OC)N(c2cccc3c2N(C(C)=O)CC3)C=CC=C1. The third-order valence-electron chi connectivity index (χ3n) is 4.50. The Morgan fingerprint density at radius 3 is 2.44 bits per heavy atom. The Bertz CT molecular complexity index is 898. The fraction of sp³-hybridized carbons (Fsp3) is 0.250. The Morgan fingerprint density at radius 1 is 1.04 bits per heavy atom. The van der Waals surface area contributed by atoms with Crippen LogP contribution in [0.2, 0.25) is 0 Å². The largest absolute Gasteiger partial charge is 0.465 e. The molecule has 2 heterocycles. The van der Waals surface area contributed by atoms with Crippen LogP contribution in [0.1, 0.15) is 12.5 Å². The molecule has 0 saturated carbocycles. The van der Waals surface area contributed by atoms with E-state index in [1.165, 1.54) is 27.2 Å². The number of benzene rings is 1. The number of hydrogen-bond donors (Lipinski definition) is 0. The lowest BCUT2D eigenvalue weighted by Gasteiger charge is -2.27. The Labute approximate surface area is 157 Å². The summed E-state index contributed by atoms with van der Waals surface area (Å²) >= 11 is 0. The van der Waals surface area contributed by atoms with E-state index < -0.39 is 11.9 Å². The van der Waals surface area contributed by atoms with E-state index in [4.69, 9.17) is 9.47 Å². The summed E-state index contributed by atoms with van der Waals surface area (Å²) in [5.74, 6) is -1.43. The summed E-state index contributed by atoms with van der Waals surface area (Å²) in [5.41, 5.74) is 2.43. The monoisotopic (exact) mass is 368 g/mol. The highest BCUT2D eigenvalue weighted by Crippen LogP contribution is 2.40. The van der Waals surface area contributed by atoms with E-state index in [2.05, 4.69) is 0 Å². The van der Waals surface area contributed by atoms with Crippen LogP contribution in [0.5, 0.6) is 0 Å². The number of anilines is 2. The maximum Gasteiger partial charge on any atom is 0.355 e. The maximum atomic E-state index is 12.6. The first-order valence-electron chi connectivity index (χ1n) is 8.44. The molecule has 2 aliphatic rings. The van der Waals surface area contributed by atoms with Gasteiger partial charge in [-0.2, -0.15) is 0 Å². The highest BCUT2D eigenvalue weighted by atomic mass is 16.5. The number of hydrogen-bond acceptors (Lipinski definition) is 6. The smallest absolute Gasteiger partial charge is 0.355 e. The minimum absolute atomic E-state index is 0.0261. The Kier molecular flexibility index (Phi) is 5.12. The molecule has 1 aromatic carbocycles. The van der Waals surface area contributed by atoms with Crippen LogP contribution < -0.4 is 9.80 Å². The van der Waals surface area contributed by atoms with Gasteiger partial charge in [-0.25, -0.2) is 9.59 Å². The number of rotatable bonds is 3. The fourth-order valence-electron chi connectivity index (χ4n) is 3.30. The summed E-state index contributed by atoms with van der Waals surface area (Å²) < 4.78 is 9.75. The van der Waals surface area contributed by atoms with E-state index in [0.29, 0.717) is 12.2 Å². The molecule has 0 radical (unpaired) electrons. The van der Waals surface area contributed by atoms with Gasteiger partial charge in [0, 0.05) is 19.7 Å². The number of carbonyl (C=O) groups is 3. The Morgan fingerprint density at radius 2 is 1.78 bits per heavy atom. The summed E-state index contributed by atoms with van der Waals surface area (Å²) in [6.45, 7) is 2.07. The number of allylic oxidation sites excluding steroid dienone is 2. The summed E-state index contributed by atoms with van der Waals surface area (Å²) in [4.78, 5) is 40.2. The van der Waals surface area contributed by atoms with E-state index in [9.17, 15) is 14.4 Å². The van der Waals surface area contributed by atoms with Crippen molar-refractivity contribution < 1.29 is 23.9 Å². The van der Waals surface area contributed by atoms with Crippen molar-refractivity contribution in [3.05, 3.63) is 59.5 Å². The van der Waals surface area contributed by atoms with Gasteiger partial charge >= 0.3 is 11.9 Å². The zero-order valence-corrected chi connectivity index (χ0v) is 15.4. The molecule has 0 unspecified atom stereocenters. The molecule has 0 N–H and O–H groups in total. The molecule has 0 bridgehead atoms. The molecule has 7 heteroatoms. The summed E-state index contributed by atoms with van der Waals surface area (Å²) in [5, 5.41) is 0. The average molecular weight is 368 g/mol. The fourth-order valence-corrected chi connectivity index (χ4v) is 3.30. The number of ether oxygens (including phenoxy) is 2. The lowest BCUT2D eigenvalue weighted by molar-refractivity contribution is -0.139. The second kappa shape index (κ2) is 7.49. The third-order valence-corrected chi connectivity index (χ3v) is 4.50. The average Bonchev–Trinajstić information content (AvgIpc) is 2.99. The van der Waals surface area contributed by atoms with Crippen LogP contribution in [0.15, 0.2) is 53.9 Å². The normalized spacial score (nSPS) is 15.5. The van der Waals surface area contributed by atoms with Crippen molar-refractivity contribution in [1.29, 1.82) is 0 Å². The predicted octanol–water partition coefficient (Wildman–Crippen LogP) is 2.09. The molecule has 0 atom stereocenters. The highest BCUT2D eigenvalue weighted by molar-refractivity contribution is 6.07. The number of nitrogens with zero attached hydrogens (tertiary/aromatic N) is 2. The molecule has 1 amide bonds. The van der Waals surface area contributed by atoms with Crippen LogP contribution in [0, 0.1) is 0 Å². The van der Waals surface area contributed by atoms with Crippen molar-refractivity contribution >= 4 is 29.2 Å². The van der Waals surface area contributed by atoms with Crippen LogP contribution in [0.25, 0.3) is 0 Å². The molecule has 0 aliphatic carbocycles. The molecule has 0 saturated heterocycles. The highest BCUT2D eigenvalue weighted by Gasteiger charge is 2.32. The molecule has 3 rings (SSSR count). The first kappa shape index (κ1) is 18.4. The van der Waals surface area contributed by atoms with E-state index >= 15 is 0 Å². The number of esters is 2. The van der Waals surface area contributed by atoms with Crippen LogP contribution in [-0.2, 0) is 30.3 Å². The maximum absolute atomic E-state index is 12.6. The van der Waals surface area contributed by atoms with E-state index in [0.717, 1.165) is 17.7 Å². The minimum atomic E-state index is -0.684. The zero-order chi connectivity index (χ0) is 19.6. The molecule has 7 nitrogen and oxygen atoms in total. The number of fused-ring (bicyclic) bond motifs is 1. The number of para-hydroxylation sites is 1. The van der Waals surface area contributed by atoms with E-state index in [-0.39, 0.29) is 17.2 Å². The molecular formula is C20H20N2O5. The summed E-state index contributed by atoms with van der Waals surface area (Å²) in [7, 11) is 2.50. The third kappa shape index (κ3) is 3.23.